The van der Waals surface area contributed by atoms with Gasteiger partial charge >= 0.3 is 12.1 Å². The second-order valence-electron chi connectivity index (χ2n) is 6.13. The van der Waals surface area contributed by atoms with Crippen molar-refractivity contribution in [1.29, 1.82) is 0 Å². The molecule has 0 fully saturated rings. The molecule has 0 bridgehead atoms. The van der Waals surface area contributed by atoms with Crippen molar-refractivity contribution in [1.82, 2.24) is 9.97 Å². The van der Waals surface area contributed by atoms with Gasteiger partial charge in [-0.15, -0.1) is 0 Å². The smallest absolute Gasteiger partial charge is 0.344 e. The molecule has 0 spiro atoms. The third-order valence-corrected chi connectivity index (χ3v) is 3.81. The normalized spacial score (nSPS) is 12.0. The Bertz CT molecular complexity index is 1070. The van der Waals surface area contributed by atoms with Gasteiger partial charge in [-0.1, -0.05) is 6.07 Å². The van der Waals surface area contributed by atoms with Gasteiger partial charge in [-0.2, -0.15) is 13.8 Å². The van der Waals surface area contributed by atoms with Crippen LogP contribution < -0.4 is 10.6 Å². The summed E-state index contributed by atoms with van der Waals surface area (Å²) >= 11 is 0. The predicted molar refractivity (Wildman–Crippen MR) is 97.6 cm³/mol. The number of phenols is 1. The number of phenolic OH excluding ortho intramolecular Hbond substituents is 1. The Labute approximate surface area is 166 Å². The largest absolute Gasteiger partial charge is 0.508 e. The number of hydrogen-bond acceptors (Lipinski definition) is 9. The van der Waals surface area contributed by atoms with Gasteiger partial charge in [0.1, 0.15) is 5.75 Å². The molecule has 3 rings (SSSR count). The van der Waals surface area contributed by atoms with Gasteiger partial charge < -0.3 is 36.2 Å². The molecule has 0 aliphatic heterocycles. The molecule has 3 aromatic rings. The van der Waals surface area contributed by atoms with E-state index >= 15 is 0 Å². The fraction of sp³-hybridized carbons (Fsp3) is 0.111. The molecule has 1 aromatic heterocycles. The van der Waals surface area contributed by atoms with Crippen LogP contribution in [0.5, 0.6) is 5.75 Å². The van der Waals surface area contributed by atoms with Crippen molar-refractivity contribution in [3.8, 4) is 5.75 Å². The van der Waals surface area contributed by atoms with Crippen LogP contribution in [0.1, 0.15) is 11.1 Å². The Morgan fingerprint density at radius 3 is 2.13 bits per heavy atom. The van der Waals surface area contributed by atoms with Crippen LogP contribution in [0.4, 0.5) is 36.3 Å². The van der Waals surface area contributed by atoms with Crippen molar-refractivity contribution in [2.75, 3.05) is 10.6 Å². The number of aromatic nitrogens is 2. The number of aliphatic hydroxyl groups is 4. The minimum Gasteiger partial charge on any atom is -0.508 e. The average Bonchev–Trinajstić information content (AvgIpc) is 2.63. The SMILES string of the molecule is Oc1cccc(Nc2ncc(F)c(Nc3ccc(C(O)(O)F)c(C(O)(O)F)c3)n2)c1. The third-order valence-electron chi connectivity index (χ3n) is 3.81. The minimum atomic E-state index is -4.12. The Morgan fingerprint density at radius 2 is 1.50 bits per heavy atom. The van der Waals surface area contributed by atoms with Gasteiger partial charge in [0.2, 0.25) is 5.95 Å². The molecule has 0 atom stereocenters. The van der Waals surface area contributed by atoms with E-state index in [2.05, 4.69) is 20.6 Å². The zero-order valence-corrected chi connectivity index (χ0v) is 14.9. The molecule has 0 saturated heterocycles. The van der Waals surface area contributed by atoms with Crippen molar-refractivity contribution in [2.24, 2.45) is 0 Å². The van der Waals surface area contributed by atoms with E-state index < -0.39 is 34.8 Å². The summed E-state index contributed by atoms with van der Waals surface area (Å²) in [6, 6.07) is 0.0184. The van der Waals surface area contributed by atoms with Gasteiger partial charge in [0.05, 0.1) is 17.3 Å². The second-order valence-corrected chi connectivity index (χ2v) is 6.13. The molecule has 30 heavy (non-hydrogen) atoms. The van der Waals surface area contributed by atoms with E-state index in [1.165, 1.54) is 12.1 Å². The van der Waals surface area contributed by atoms with Gasteiger partial charge in [0.15, 0.2) is 11.6 Å². The maximum atomic E-state index is 14.1. The molecule has 1 heterocycles. The zero-order valence-electron chi connectivity index (χ0n) is 14.9. The summed E-state index contributed by atoms with van der Waals surface area (Å²) in [6.45, 7) is 0. The van der Waals surface area contributed by atoms with E-state index in [-0.39, 0.29) is 17.4 Å². The second kappa shape index (κ2) is 7.76. The molecule has 2 aromatic carbocycles. The van der Waals surface area contributed by atoms with Crippen molar-refractivity contribution in [3.05, 3.63) is 65.6 Å². The van der Waals surface area contributed by atoms with E-state index in [0.717, 1.165) is 12.3 Å². The summed E-state index contributed by atoms with van der Waals surface area (Å²) in [5.41, 5.74) is -2.20. The quantitative estimate of drug-likeness (QED) is 0.295. The topological polar surface area (TPSA) is 151 Å². The highest BCUT2D eigenvalue weighted by Gasteiger charge is 2.37. The van der Waals surface area contributed by atoms with Crippen molar-refractivity contribution >= 4 is 23.1 Å². The van der Waals surface area contributed by atoms with Gasteiger partial charge in [0.25, 0.3) is 0 Å². The number of hydrogen-bond donors (Lipinski definition) is 7. The average molecular weight is 424 g/mol. The lowest BCUT2D eigenvalue weighted by atomic mass is 10.0. The van der Waals surface area contributed by atoms with Crippen molar-refractivity contribution in [3.63, 3.8) is 0 Å². The number of nitrogens with zero attached hydrogens (tertiary/aromatic N) is 2. The van der Waals surface area contributed by atoms with Crippen molar-refractivity contribution in [2.45, 2.75) is 12.1 Å². The zero-order chi connectivity index (χ0) is 22.1. The first-order chi connectivity index (χ1) is 13.9. The molecule has 0 aliphatic rings. The first kappa shape index (κ1) is 21.3. The lowest BCUT2D eigenvalue weighted by Crippen LogP contribution is -2.27. The first-order valence-corrected chi connectivity index (χ1v) is 8.21. The van der Waals surface area contributed by atoms with Gasteiger partial charge in [-0.05, 0) is 30.3 Å². The van der Waals surface area contributed by atoms with Crippen LogP contribution in [-0.2, 0) is 12.1 Å². The summed E-state index contributed by atoms with van der Waals surface area (Å²) in [4.78, 5) is 7.61. The number of aromatic hydroxyl groups is 1. The number of rotatable bonds is 6. The van der Waals surface area contributed by atoms with Crippen LogP contribution in [0.15, 0.2) is 48.7 Å². The fourth-order valence-corrected chi connectivity index (χ4v) is 2.53. The standard InChI is InChI=1S/C18H15F3N4O5/c19-14-8-22-16(24-9-2-1-3-11(26)6-9)25-15(14)23-10-4-5-12(17(20,27)28)13(7-10)18(21,29)30/h1-8,26-30H,(H2,22,23,24,25). The van der Waals surface area contributed by atoms with Gasteiger partial charge in [-0.25, -0.2) is 9.37 Å². The first-order valence-electron chi connectivity index (χ1n) is 8.21. The Kier molecular flexibility index (Phi) is 5.50. The van der Waals surface area contributed by atoms with Crippen LogP contribution in [0.2, 0.25) is 0 Å². The van der Waals surface area contributed by atoms with Gasteiger partial charge in [0, 0.05) is 17.4 Å². The molecule has 0 saturated carbocycles. The Hall–Kier alpha value is -3.45. The van der Waals surface area contributed by atoms with E-state index in [1.807, 2.05) is 0 Å². The maximum absolute atomic E-state index is 14.1. The highest BCUT2D eigenvalue weighted by molar-refractivity contribution is 5.62. The van der Waals surface area contributed by atoms with Crippen LogP contribution in [-0.4, -0.2) is 35.5 Å². The van der Waals surface area contributed by atoms with Crippen LogP contribution >= 0.6 is 0 Å². The van der Waals surface area contributed by atoms with Gasteiger partial charge in [-0.3, -0.25) is 0 Å². The van der Waals surface area contributed by atoms with Crippen LogP contribution in [0.3, 0.4) is 0 Å². The molecule has 12 heteroatoms. The molecule has 9 nitrogen and oxygen atoms in total. The summed E-state index contributed by atoms with van der Waals surface area (Å²) in [7, 11) is 0. The molecule has 7 N–H and O–H groups in total. The summed E-state index contributed by atoms with van der Waals surface area (Å²) in [5.74, 6) is -1.48. The summed E-state index contributed by atoms with van der Waals surface area (Å²) in [5, 5.41) is 51.0. The lowest BCUT2D eigenvalue weighted by molar-refractivity contribution is -0.290. The molecule has 0 amide bonds. The highest BCUT2D eigenvalue weighted by atomic mass is 19.2. The number of anilines is 4. The molecule has 0 unspecified atom stereocenters. The van der Waals surface area contributed by atoms with E-state index in [1.54, 1.807) is 12.1 Å². The molecule has 0 aliphatic carbocycles. The van der Waals surface area contributed by atoms with E-state index in [0.29, 0.717) is 17.8 Å². The third kappa shape index (κ3) is 4.93. The Balaban J connectivity index is 1.92. The fourth-order valence-electron chi connectivity index (χ4n) is 2.53. The molecular weight excluding hydrogens is 409 g/mol. The minimum absolute atomic E-state index is 0.0347. The van der Waals surface area contributed by atoms with E-state index in [9.17, 15) is 18.3 Å². The monoisotopic (exact) mass is 424 g/mol. The summed E-state index contributed by atoms with van der Waals surface area (Å²) in [6.07, 6.45) is 0.807. The summed E-state index contributed by atoms with van der Waals surface area (Å²) < 4.78 is 41.1. The lowest BCUT2D eigenvalue weighted by Gasteiger charge is -2.21. The van der Waals surface area contributed by atoms with Crippen molar-refractivity contribution < 1.29 is 38.7 Å². The molecule has 0 radical (unpaired) electrons. The highest BCUT2D eigenvalue weighted by Crippen LogP contribution is 2.34. The maximum Gasteiger partial charge on any atom is 0.344 e. The number of alkyl halides is 2. The predicted octanol–water partition coefficient (Wildman–Crippen LogP) is 1.94. The number of halogens is 3. The number of benzene rings is 2. The van der Waals surface area contributed by atoms with E-state index in [4.69, 9.17) is 20.4 Å². The van der Waals surface area contributed by atoms with Crippen LogP contribution in [0.25, 0.3) is 0 Å². The molecule has 158 valence electrons. The number of nitrogens with one attached hydrogen (secondary N) is 2. The molecular formula is C18H15F3N4O5. The van der Waals surface area contributed by atoms with Crippen LogP contribution in [0, 0.1) is 5.82 Å². The Morgan fingerprint density at radius 1 is 0.833 bits per heavy atom.